The summed E-state index contributed by atoms with van der Waals surface area (Å²) < 4.78 is 30.4. The molecule has 0 bridgehead atoms. The molecule has 198 valence electrons. The zero-order valence-corrected chi connectivity index (χ0v) is 22.1. The first kappa shape index (κ1) is 24.0. The molecule has 0 saturated carbocycles. The Morgan fingerprint density at radius 3 is 2.53 bits per heavy atom. The fourth-order valence-electron chi connectivity index (χ4n) is 5.36. The van der Waals surface area contributed by atoms with Crippen LogP contribution in [0.3, 0.4) is 0 Å². The van der Waals surface area contributed by atoms with Crippen LogP contribution < -0.4 is 33.9 Å². The van der Waals surface area contributed by atoms with Gasteiger partial charge in [-0.05, 0) is 39.0 Å². The molecule has 1 N–H and O–H groups in total. The fraction of sp³-hybridized carbons (Fsp3) is 0.370. The summed E-state index contributed by atoms with van der Waals surface area (Å²) in [4.78, 5) is 20.1. The van der Waals surface area contributed by atoms with E-state index >= 15 is 0 Å². The Labute approximate surface area is 219 Å². The number of carbonyl (C=O) groups excluding carboxylic acids is 1. The summed E-state index contributed by atoms with van der Waals surface area (Å²) in [6.07, 6.45) is 1.81. The van der Waals surface area contributed by atoms with Gasteiger partial charge in [-0.1, -0.05) is 6.07 Å². The molecule has 2 amide bonds. The van der Waals surface area contributed by atoms with Crippen molar-refractivity contribution in [1.29, 1.82) is 0 Å². The predicted molar refractivity (Wildman–Crippen MR) is 140 cm³/mol. The van der Waals surface area contributed by atoms with Gasteiger partial charge in [0.1, 0.15) is 17.6 Å². The molecular formula is C27H29N5O6. The number of carbonyl (C=O) groups is 1. The molecule has 2 aromatic carbocycles. The van der Waals surface area contributed by atoms with Crippen molar-refractivity contribution < 1.29 is 28.5 Å². The SMILES string of the molecule is COc1cccc(N2C(=O)NC3=Nc4c(cnn4C(C)(C)C)[C@@H](c4cc(OC)c5c(c4OC)OCO5)[C@H]32)c1. The average molecular weight is 520 g/mol. The average Bonchev–Trinajstić information content (AvgIpc) is 3.62. The van der Waals surface area contributed by atoms with Crippen molar-refractivity contribution in [3.05, 3.63) is 47.7 Å². The van der Waals surface area contributed by atoms with Crippen LogP contribution in [-0.2, 0) is 5.54 Å². The fourth-order valence-corrected chi connectivity index (χ4v) is 5.36. The molecule has 11 nitrogen and oxygen atoms in total. The Hall–Kier alpha value is -4.41. The molecule has 1 fully saturated rings. The first-order valence-corrected chi connectivity index (χ1v) is 12.2. The Morgan fingerprint density at radius 2 is 1.82 bits per heavy atom. The molecule has 2 atom stereocenters. The lowest BCUT2D eigenvalue weighted by atomic mass is 9.82. The van der Waals surface area contributed by atoms with Gasteiger partial charge in [-0.15, -0.1) is 0 Å². The number of aliphatic imine (C=N–C) groups is 1. The lowest BCUT2D eigenvalue weighted by Gasteiger charge is -2.34. The largest absolute Gasteiger partial charge is 0.497 e. The van der Waals surface area contributed by atoms with Crippen LogP contribution >= 0.6 is 0 Å². The second kappa shape index (κ2) is 8.57. The molecular weight excluding hydrogens is 490 g/mol. The zero-order valence-electron chi connectivity index (χ0n) is 22.1. The summed E-state index contributed by atoms with van der Waals surface area (Å²) in [6, 6.07) is 8.44. The third kappa shape index (κ3) is 3.45. The van der Waals surface area contributed by atoms with Crippen molar-refractivity contribution in [3.63, 3.8) is 0 Å². The van der Waals surface area contributed by atoms with E-state index in [1.54, 1.807) is 26.2 Å². The van der Waals surface area contributed by atoms with Crippen LogP contribution in [0.4, 0.5) is 16.3 Å². The molecule has 1 aromatic heterocycles. The van der Waals surface area contributed by atoms with Crippen molar-refractivity contribution >= 4 is 23.4 Å². The van der Waals surface area contributed by atoms with Crippen molar-refractivity contribution in [3.8, 4) is 28.7 Å². The van der Waals surface area contributed by atoms with Crippen LogP contribution in [0.1, 0.15) is 37.8 Å². The van der Waals surface area contributed by atoms with Crippen molar-refractivity contribution in [2.75, 3.05) is 33.0 Å². The highest BCUT2D eigenvalue weighted by atomic mass is 16.7. The molecule has 3 aliphatic heterocycles. The smallest absolute Gasteiger partial charge is 0.328 e. The molecule has 0 aliphatic carbocycles. The Kier molecular flexibility index (Phi) is 5.41. The Morgan fingerprint density at radius 1 is 1.03 bits per heavy atom. The van der Waals surface area contributed by atoms with E-state index in [4.69, 9.17) is 33.8 Å². The third-order valence-electron chi connectivity index (χ3n) is 6.98. The highest BCUT2D eigenvalue weighted by Crippen LogP contribution is 2.55. The molecule has 3 aliphatic rings. The summed E-state index contributed by atoms with van der Waals surface area (Å²) in [6.45, 7) is 6.22. The maximum atomic E-state index is 13.5. The second-order valence-electron chi connectivity index (χ2n) is 10.2. The quantitative estimate of drug-likeness (QED) is 0.539. The van der Waals surface area contributed by atoms with Crippen LogP contribution in [-0.4, -0.2) is 55.8 Å². The molecule has 4 heterocycles. The number of nitrogens with zero attached hydrogens (tertiary/aromatic N) is 4. The molecule has 38 heavy (non-hydrogen) atoms. The first-order valence-electron chi connectivity index (χ1n) is 12.2. The number of aromatic nitrogens is 2. The number of hydrogen-bond acceptors (Lipinski definition) is 8. The third-order valence-corrected chi connectivity index (χ3v) is 6.98. The lowest BCUT2D eigenvalue weighted by molar-refractivity contribution is 0.168. The van der Waals surface area contributed by atoms with E-state index in [0.717, 1.165) is 11.1 Å². The van der Waals surface area contributed by atoms with Gasteiger partial charge in [0.25, 0.3) is 0 Å². The zero-order chi connectivity index (χ0) is 26.8. The minimum atomic E-state index is -0.529. The Balaban J connectivity index is 1.62. The van der Waals surface area contributed by atoms with Gasteiger partial charge < -0.3 is 23.7 Å². The maximum absolute atomic E-state index is 13.5. The van der Waals surface area contributed by atoms with Gasteiger partial charge in [-0.3, -0.25) is 10.2 Å². The number of ether oxygens (including phenoxy) is 5. The van der Waals surface area contributed by atoms with E-state index in [-0.39, 0.29) is 18.4 Å². The van der Waals surface area contributed by atoms with Crippen molar-refractivity contribution in [2.45, 2.75) is 38.3 Å². The van der Waals surface area contributed by atoms with Gasteiger partial charge in [0, 0.05) is 28.8 Å². The molecule has 11 heteroatoms. The minimum absolute atomic E-state index is 0.0511. The monoisotopic (exact) mass is 519 g/mol. The highest BCUT2D eigenvalue weighted by Gasteiger charge is 2.50. The molecule has 3 aromatic rings. The van der Waals surface area contributed by atoms with Gasteiger partial charge in [0.2, 0.25) is 18.3 Å². The molecule has 6 rings (SSSR count). The summed E-state index contributed by atoms with van der Waals surface area (Å²) in [5.41, 5.74) is 1.92. The van der Waals surface area contributed by atoms with Gasteiger partial charge in [-0.25, -0.2) is 14.5 Å². The number of amidine groups is 1. The minimum Gasteiger partial charge on any atom is -0.497 e. The van der Waals surface area contributed by atoms with Gasteiger partial charge in [0.05, 0.1) is 33.1 Å². The van der Waals surface area contributed by atoms with E-state index in [1.807, 2.05) is 41.2 Å². The molecule has 1 saturated heterocycles. The van der Waals surface area contributed by atoms with Crippen LogP contribution in [0.2, 0.25) is 0 Å². The van der Waals surface area contributed by atoms with E-state index in [9.17, 15) is 4.79 Å². The summed E-state index contributed by atoms with van der Waals surface area (Å²) in [7, 11) is 4.76. The highest BCUT2D eigenvalue weighted by molar-refractivity contribution is 6.18. The standard InChI is InChI=1S/C27H29N5O6/c1-27(2,3)32-25-17(12-28-32)19(16-11-18(35-5)22-23(21(16)36-6)38-13-37-22)20-24(29-25)30-26(33)31(20)14-8-7-9-15(10-14)34-4/h7-12,19-20H,13H2,1-6H3,(H,29,30,33)/t19-,20-/m1/s1. The van der Waals surface area contributed by atoms with Gasteiger partial charge >= 0.3 is 6.03 Å². The van der Waals surface area contributed by atoms with E-state index < -0.39 is 12.0 Å². The number of amides is 2. The van der Waals surface area contributed by atoms with Crippen LogP contribution in [0.25, 0.3) is 0 Å². The molecule has 0 unspecified atom stereocenters. The topological polar surface area (TPSA) is 109 Å². The summed E-state index contributed by atoms with van der Waals surface area (Å²) >= 11 is 0. The number of rotatable bonds is 5. The number of anilines is 1. The normalized spacial score (nSPS) is 19.5. The van der Waals surface area contributed by atoms with Gasteiger partial charge in [0.15, 0.2) is 17.3 Å². The number of hydrogen-bond donors (Lipinski definition) is 1. The van der Waals surface area contributed by atoms with E-state index in [2.05, 4.69) is 26.1 Å². The number of urea groups is 1. The maximum Gasteiger partial charge on any atom is 0.328 e. The molecule has 0 radical (unpaired) electrons. The summed E-state index contributed by atoms with van der Waals surface area (Å²) in [5.74, 6) is 3.33. The van der Waals surface area contributed by atoms with Crippen molar-refractivity contribution in [2.24, 2.45) is 4.99 Å². The Bertz CT molecular complexity index is 1470. The van der Waals surface area contributed by atoms with E-state index in [0.29, 0.717) is 46.1 Å². The number of benzene rings is 2. The summed E-state index contributed by atoms with van der Waals surface area (Å²) in [5, 5.41) is 7.71. The number of methoxy groups -OCH3 is 3. The number of fused-ring (bicyclic) bond motifs is 3. The van der Waals surface area contributed by atoms with Crippen LogP contribution in [0.15, 0.2) is 41.5 Å². The lowest BCUT2D eigenvalue weighted by Crippen LogP contribution is -2.42. The number of nitrogens with one attached hydrogen (secondary N) is 1. The predicted octanol–water partition coefficient (Wildman–Crippen LogP) is 4.17. The van der Waals surface area contributed by atoms with Crippen molar-refractivity contribution in [1.82, 2.24) is 15.1 Å². The van der Waals surface area contributed by atoms with Crippen LogP contribution in [0.5, 0.6) is 28.7 Å². The molecule has 0 spiro atoms. The second-order valence-corrected chi connectivity index (χ2v) is 10.2. The van der Waals surface area contributed by atoms with E-state index in [1.165, 1.54) is 0 Å². The van der Waals surface area contributed by atoms with Gasteiger partial charge in [-0.2, -0.15) is 5.10 Å². The first-order chi connectivity index (χ1) is 18.3. The van der Waals surface area contributed by atoms with Crippen LogP contribution in [0, 0.1) is 0 Å².